The van der Waals surface area contributed by atoms with E-state index in [9.17, 15) is 13.5 Å². The molecule has 0 heterocycles. The van der Waals surface area contributed by atoms with Gasteiger partial charge in [0.1, 0.15) is 0 Å². The minimum Gasteiger partial charge on any atom is -0.389 e. The predicted octanol–water partition coefficient (Wildman–Crippen LogP) is 1.26. The SMILES string of the molecule is Cc1cc(S(=O)(=O)N(C)CC(C)(C)O)ccc1C#N. The Kier molecular flexibility index (Phi) is 4.35. The van der Waals surface area contributed by atoms with Crippen LogP contribution in [0.5, 0.6) is 0 Å². The van der Waals surface area contributed by atoms with Gasteiger partial charge in [-0.05, 0) is 44.5 Å². The van der Waals surface area contributed by atoms with E-state index in [0.717, 1.165) is 4.31 Å². The van der Waals surface area contributed by atoms with E-state index in [1.807, 2.05) is 6.07 Å². The normalized spacial score (nSPS) is 12.5. The zero-order valence-electron chi connectivity index (χ0n) is 11.5. The van der Waals surface area contributed by atoms with E-state index >= 15 is 0 Å². The molecule has 104 valence electrons. The van der Waals surface area contributed by atoms with Gasteiger partial charge in [-0.3, -0.25) is 0 Å². The molecule has 6 heteroatoms. The Balaban J connectivity index is 3.15. The molecule has 1 aromatic rings. The number of hydrogen-bond donors (Lipinski definition) is 1. The molecule has 0 aliphatic carbocycles. The summed E-state index contributed by atoms with van der Waals surface area (Å²) in [5, 5.41) is 18.5. The Labute approximate surface area is 114 Å². The van der Waals surface area contributed by atoms with Crippen molar-refractivity contribution < 1.29 is 13.5 Å². The van der Waals surface area contributed by atoms with Gasteiger partial charge in [0.2, 0.25) is 10.0 Å². The first-order valence-electron chi connectivity index (χ1n) is 5.77. The van der Waals surface area contributed by atoms with E-state index in [0.29, 0.717) is 11.1 Å². The fraction of sp³-hybridized carbons (Fsp3) is 0.462. The van der Waals surface area contributed by atoms with Gasteiger partial charge in [-0.1, -0.05) is 0 Å². The van der Waals surface area contributed by atoms with Crippen molar-refractivity contribution in [3.8, 4) is 6.07 Å². The van der Waals surface area contributed by atoms with E-state index in [1.165, 1.54) is 25.2 Å². The Bertz CT molecular complexity index is 610. The highest BCUT2D eigenvalue weighted by molar-refractivity contribution is 7.89. The molecule has 0 saturated heterocycles. The van der Waals surface area contributed by atoms with E-state index in [4.69, 9.17) is 5.26 Å². The van der Waals surface area contributed by atoms with Gasteiger partial charge in [-0.2, -0.15) is 9.57 Å². The van der Waals surface area contributed by atoms with Crippen molar-refractivity contribution in [2.45, 2.75) is 31.3 Å². The second-order valence-corrected chi connectivity index (χ2v) is 7.21. The number of aryl methyl sites for hydroxylation is 1. The maximum Gasteiger partial charge on any atom is 0.242 e. The van der Waals surface area contributed by atoms with Crippen molar-refractivity contribution in [1.29, 1.82) is 5.26 Å². The van der Waals surface area contributed by atoms with Gasteiger partial charge < -0.3 is 5.11 Å². The molecule has 0 spiro atoms. The lowest BCUT2D eigenvalue weighted by molar-refractivity contribution is 0.0640. The van der Waals surface area contributed by atoms with E-state index in [-0.39, 0.29) is 11.4 Å². The Morgan fingerprint density at radius 1 is 1.42 bits per heavy atom. The average Bonchev–Trinajstić information content (AvgIpc) is 2.26. The van der Waals surface area contributed by atoms with Crippen LogP contribution in [0.15, 0.2) is 23.1 Å². The minimum absolute atomic E-state index is 0.00557. The van der Waals surface area contributed by atoms with Crippen molar-refractivity contribution in [3.05, 3.63) is 29.3 Å². The zero-order chi connectivity index (χ0) is 14.8. The molecule has 0 aromatic heterocycles. The third-order valence-corrected chi connectivity index (χ3v) is 4.44. The summed E-state index contributed by atoms with van der Waals surface area (Å²) in [4.78, 5) is 0.121. The first-order valence-corrected chi connectivity index (χ1v) is 7.21. The summed E-state index contributed by atoms with van der Waals surface area (Å²) in [6.45, 7) is 4.77. The Hall–Kier alpha value is -1.42. The lowest BCUT2D eigenvalue weighted by Gasteiger charge is -2.25. The van der Waals surface area contributed by atoms with Crippen molar-refractivity contribution in [2.75, 3.05) is 13.6 Å². The van der Waals surface area contributed by atoms with Crippen molar-refractivity contribution in [1.82, 2.24) is 4.31 Å². The summed E-state index contributed by atoms with van der Waals surface area (Å²) in [7, 11) is -2.24. The van der Waals surface area contributed by atoms with Crippen LogP contribution >= 0.6 is 0 Å². The first kappa shape index (κ1) is 15.6. The fourth-order valence-electron chi connectivity index (χ4n) is 1.73. The third kappa shape index (κ3) is 3.77. The lowest BCUT2D eigenvalue weighted by Crippen LogP contribution is -2.39. The van der Waals surface area contributed by atoms with Crippen LogP contribution in [0.3, 0.4) is 0 Å². The van der Waals surface area contributed by atoms with Crippen molar-refractivity contribution in [3.63, 3.8) is 0 Å². The summed E-state index contributed by atoms with van der Waals surface area (Å²) >= 11 is 0. The van der Waals surface area contributed by atoms with Gasteiger partial charge in [-0.15, -0.1) is 0 Å². The van der Waals surface area contributed by atoms with Gasteiger partial charge in [-0.25, -0.2) is 8.42 Å². The lowest BCUT2D eigenvalue weighted by atomic mass is 10.1. The third-order valence-electron chi connectivity index (χ3n) is 2.64. The molecule has 1 rings (SSSR count). The zero-order valence-corrected chi connectivity index (χ0v) is 12.3. The highest BCUT2D eigenvalue weighted by atomic mass is 32.2. The van der Waals surface area contributed by atoms with Crippen LogP contribution < -0.4 is 0 Å². The molecule has 0 amide bonds. The number of sulfonamides is 1. The molecule has 19 heavy (non-hydrogen) atoms. The number of aliphatic hydroxyl groups is 1. The first-order chi connectivity index (χ1) is 8.58. The number of nitrogens with zero attached hydrogens (tertiary/aromatic N) is 2. The van der Waals surface area contributed by atoms with Gasteiger partial charge in [0.05, 0.1) is 22.1 Å². The molecule has 0 fully saturated rings. The predicted molar refractivity (Wildman–Crippen MR) is 72.0 cm³/mol. The molecular formula is C13H18N2O3S. The number of rotatable bonds is 4. The maximum absolute atomic E-state index is 12.3. The monoisotopic (exact) mass is 282 g/mol. The number of nitriles is 1. The van der Waals surface area contributed by atoms with E-state index in [2.05, 4.69) is 0 Å². The summed E-state index contributed by atoms with van der Waals surface area (Å²) in [5.74, 6) is 0. The number of hydrogen-bond acceptors (Lipinski definition) is 4. The van der Waals surface area contributed by atoms with E-state index < -0.39 is 15.6 Å². The highest BCUT2D eigenvalue weighted by Gasteiger charge is 2.26. The number of likely N-dealkylation sites (N-methyl/N-ethyl adjacent to an activating group) is 1. The summed E-state index contributed by atoms with van der Waals surface area (Å²) in [6.07, 6.45) is 0. The molecule has 5 nitrogen and oxygen atoms in total. The molecule has 1 aromatic carbocycles. The maximum atomic E-state index is 12.3. The molecule has 0 atom stereocenters. The molecule has 0 aliphatic rings. The molecular weight excluding hydrogens is 264 g/mol. The molecule has 0 radical (unpaired) electrons. The standard InChI is InChI=1S/C13H18N2O3S/c1-10-7-12(6-5-11(10)8-14)19(17,18)15(4)9-13(2,3)16/h5-7,16H,9H2,1-4H3. The van der Waals surface area contributed by atoms with Gasteiger partial charge >= 0.3 is 0 Å². The smallest absolute Gasteiger partial charge is 0.242 e. The number of benzene rings is 1. The van der Waals surface area contributed by atoms with Gasteiger partial charge in [0.15, 0.2) is 0 Å². The minimum atomic E-state index is -3.66. The molecule has 0 saturated carbocycles. The highest BCUT2D eigenvalue weighted by Crippen LogP contribution is 2.19. The molecule has 0 aliphatic heterocycles. The molecule has 0 bridgehead atoms. The Morgan fingerprint density at radius 2 is 2.00 bits per heavy atom. The summed E-state index contributed by atoms with van der Waals surface area (Å²) < 4.78 is 25.7. The van der Waals surface area contributed by atoms with Crippen LogP contribution in [0.1, 0.15) is 25.0 Å². The van der Waals surface area contributed by atoms with Crippen LogP contribution in [0.25, 0.3) is 0 Å². The van der Waals surface area contributed by atoms with Crippen LogP contribution in [0.2, 0.25) is 0 Å². The second kappa shape index (κ2) is 5.29. The van der Waals surface area contributed by atoms with Crippen LogP contribution in [0.4, 0.5) is 0 Å². The van der Waals surface area contributed by atoms with Crippen LogP contribution in [-0.4, -0.2) is 37.0 Å². The topological polar surface area (TPSA) is 81.4 Å². The molecule has 1 N–H and O–H groups in total. The van der Waals surface area contributed by atoms with Crippen LogP contribution in [0, 0.1) is 18.3 Å². The quantitative estimate of drug-likeness (QED) is 0.901. The summed E-state index contributed by atoms with van der Waals surface area (Å²) in [5.41, 5.74) is -0.0481. The Morgan fingerprint density at radius 3 is 2.42 bits per heavy atom. The van der Waals surface area contributed by atoms with Gasteiger partial charge in [0.25, 0.3) is 0 Å². The average molecular weight is 282 g/mol. The van der Waals surface area contributed by atoms with Gasteiger partial charge in [0, 0.05) is 13.6 Å². The van der Waals surface area contributed by atoms with Crippen LogP contribution in [-0.2, 0) is 10.0 Å². The largest absolute Gasteiger partial charge is 0.389 e. The molecule has 0 unspecified atom stereocenters. The summed E-state index contributed by atoms with van der Waals surface area (Å²) in [6, 6.07) is 6.35. The van der Waals surface area contributed by atoms with E-state index in [1.54, 1.807) is 20.8 Å². The second-order valence-electron chi connectivity index (χ2n) is 5.16. The van der Waals surface area contributed by atoms with Crippen molar-refractivity contribution in [2.24, 2.45) is 0 Å². The van der Waals surface area contributed by atoms with Crippen molar-refractivity contribution >= 4 is 10.0 Å². The fourth-order valence-corrected chi connectivity index (χ4v) is 3.14.